The number of amides is 5. The van der Waals surface area contributed by atoms with Gasteiger partial charge in [0.05, 0.1) is 35.4 Å². The molecule has 75 heavy (non-hydrogen) atoms. The van der Waals surface area contributed by atoms with E-state index in [4.69, 9.17) is 14.7 Å². The number of aromatic nitrogens is 3. The van der Waals surface area contributed by atoms with E-state index in [9.17, 15) is 24.0 Å². The van der Waals surface area contributed by atoms with Gasteiger partial charge < -0.3 is 25.2 Å². The van der Waals surface area contributed by atoms with Crippen molar-refractivity contribution in [3.8, 4) is 29.0 Å². The van der Waals surface area contributed by atoms with Gasteiger partial charge >= 0.3 is 0 Å². The van der Waals surface area contributed by atoms with Crippen LogP contribution in [0.25, 0.3) is 22.3 Å². The Morgan fingerprint density at radius 1 is 0.800 bits per heavy atom. The van der Waals surface area contributed by atoms with Crippen LogP contribution >= 0.6 is 0 Å². The van der Waals surface area contributed by atoms with E-state index in [-0.39, 0.29) is 24.3 Å². The predicted molar refractivity (Wildman–Crippen MR) is 287 cm³/mol. The average molecular weight is 1010 g/mol. The van der Waals surface area contributed by atoms with Gasteiger partial charge in [0, 0.05) is 92.3 Å². The summed E-state index contributed by atoms with van der Waals surface area (Å²) < 4.78 is 6.10. The first-order valence-corrected chi connectivity index (χ1v) is 26.2. The molecule has 2 aromatic heterocycles. The van der Waals surface area contributed by atoms with E-state index in [1.807, 2.05) is 84.7 Å². The summed E-state index contributed by atoms with van der Waals surface area (Å²) in [6, 6.07) is 29.7. The number of anilines is 2. The molecule has 384 valence electrons. The van der Waals surface area contributed by atoms with Crippen molar-refractivity contribution in [2.45, 2.75) is 77.0 Å². The van der Waals surface area contributed by atoms with Crippen LogP contribution in [0, 0.1) is 11.8 Å². The predicted octanol–water partition coefficient (Wildman–Crippen LogP) is 7.33. The number of pyridine rings is 1. The second-order valence-corrected chi connectivity index (χ2v) is 19.6. The van der Waals surface area contributed by atoms with Crippen molar-refractivity contribution >= 4 is 51.9 Å². The lowest BCUT2D eigenvalue weighted by molar-refractivity contribution is -0.136. The number of piperidine rings is 1. The van der Waals surface area contributed by atoms with Gasteiger partial charge in [-0.1, -0.05) is 73.9 Å². The fraction of sp³-hybridized carbons (Fsp3) is 0.356. The highest BCUT2D eigenvalue weighted by Crippen LogP contribution is 2.33. The molecule has 5 amide bonds. The number of imide groups is 2. The maximum atomic E-state index is 13.7. The third-order valence-electron chi connectivity index (χ3n) is 14.6. The van der Waals surface area contributed by atoms with Crippen LogP contribution in [0.1, 0.15) is 105 Å². The minimum atomic E-state index is -0.973. The van der Waals surface area contributed by atoms with Gasteiger partial charge in [0.15, 0.2) is 5.82 Å². The van der Waals surface area contributed by atoms with Crippen molar-refractivity contribution in [3.63, 3.8) is 0 Å². The molecule has 16 nitrogen and oxygen atoms in total. The molecule has 4 aromatic carbocycles. The zero-order valence-electron chi connectivity index (χ0n) is 42.4. The zero-order valence-corrected chi connectivity index (χ0v) is 42.4. The van der Waals surface area contributed by atoms with Crippen LogP contribution in [0.5, 0.6) is 5.75 Å². The molecule has 0 bridgehead atoms. The number of carbonyl (C=O) groups excluding carboxylic acids is 5. The molecule has 16 heteroatoms. The maximum absolute atomic E-state index is 13.7. The Kier molecular flexibility index (Phi) is 15.8. The summed E-state index contributed by atoms with van der Waals surface area (Å²) in [7, 11) is 1.86. The molecular weight excluding hydrogens is 945 g/mol. The minimum absolute atomic E-state index is 0.0362. The molecule has 3 N–H and O–H groups in total. The molecule has 6 aromatic rings. The number of ether oxygens (including phenoxy) is 1. The molecule has 4 aliphatic rings. The molecule has 0 radical (unpaired) electrons. The number of carbonyl (C=O) groups is 5. The van der Waals surface area contributed by atoms with Gasteiger partial charge in [-0.2, -0.15) is 0 Å². The second-order valence-electron chi connectivity index (χ2n) is 19.6. The van der Waals surface area contributed by atoms with E-state index in [0.717, 1.165) is 114 Å². The molecule has 4 aliphatic heterocycles. The number of para-hydroxylation sites is 1. The van der Waals surface area contributed by atoms with Crippen molar-refractivity contribution in [1.82, 2.24) is 39.9 Å². The average Bonchev–Trinajstić information content (AvgIpc) is 3.70. The summed E-state index contributed by atoms with van der Waals surface area (Å²) >= 11 is 0. The molecule has 2 saturated heterocycles. The Morgan fingerprint density at radius 3 is 2.37 bits per heavy atom. The molecule has 1 atom stereocenters. The molecule has 0 aliphatic carbocycles. The van der Waals surface area contributed by atoms with Crippen LogP contribution < -0.4 is 20.7 Å². The number of hydrogen-bond donors (Lipinski definition) is 3. The maximum Gasteiger partial charge on any atom is 0.264 e. The Hall–Kier alpha value is -8.00. The molecule has 0 saturated carbocycles. The van der Waals surface area contributed by atoms with E-state index in [1.165, 1.54) is 19.3 Å². The number of hydrogen-bond acceptors (Lipinski definition) is 13. The van der Waals surface area contributed by atoms with Crippen LogP contribution in [0.2, 0.25) is 0 Å². The van der Waals surface area contributed by atoms with Crippen LogP contribution in [0.15, 0.2) is 103 Å². The summed E-state index contributed by atoms with van der Waals surface area (Å²) in [6.07, 6.45) is 9.38. The Labute approximate surface area is 437 Å². The van der Waals surface area contributed by atoms with Crippen molar-refractivity contribution in [1.29, 1.82) is 0 Å². The first kappa shape index (κ1) is 50.5. The van der Waals surface area contributed by atoms with Crippen LogP contribution in [-0.4, -0.2) is 130 Å². The number of piperazine rings is 1. The third kappa shape index (κ3) is 11.9. The Morgan fingerprint density at radius 2 is 1.57 bits per heavy atom. The van der Waals surface area contributed by atoms with E-state index in [0.29, 0.717) is 55.3 Å². The number of benzene rings is 4. The molecule has 0 spiro atoms. The number of rotatable bonds is 18. The fourth-order valence-electron chi connectivity index (χ4n) is 10.3. The van der Waals surface area contributed by atoms with Gasteiger partial charge in [-0.15, -0.1) is 0 Å². The van der Waals surface area contributed by atoms with Crippen LogP contribution in [0.3, 0.4) is 0 Å². The van der Waals surface area contributed by atoms with Crippen LogP contribution in [0.4, 0.5) is 11.5 Å². The van der Waals surface area contributed by atoms with E-state index in [2.05, 4.69) is 48.6 Å². The Balaban J connectivity index is 0.589. The van der Waals surface area contributed by atoms with E-state index >= 15 is 0 Å². The smallest absolute Gasteiger partial charge is 0.264 e. The fourth-order valence-corrected chi connectivity index (χ4v) is 10.3. The van der Waals surface area contributed by atoms with Gasteiger partial charge in [0.2, 0.25) is 11.8 Å². The van der Waals surface area contributed by atoms with Gasteiger partial charge in [-0.25, -0.2) is 9.97 Å². The lowest BCUT2D eigenvalue weighted by atomic mass is 10.0. The monoisotopic (exact) mass is 1010 g/mol. The summed E-state index contributed by atoms with van der Waals surface area (Å²) in [5.74, 6) is 6.79. The van der Waals surface area contributed by atoms with Crippen molar-refractivity contribution in [2.24, 2.45) is 0 Å². The number of unbranched alkanes of at least 4 members (excludes halogenated alkanes) is 5. The second kappa shape index (κ2) is 23.5. The first-order chi connectivity index (χ1) is 36.7. The third-order valence-corrected chi connectivity index (χ3v) is 14.6. The quantitative estimate of drug-likeness (QED) is 0.0443. The largest absolute Gasteiger partial charge is 0.489 e. The van der Waals surface area contributed by atoms with Gasteiger partial charge in [0.1, 0.15) is 24.2 Å². The normalized spacial score (nSPS) is 16.8. The number of nitrogens with one attached hydrogen (secondary N) is 3. The highest BCUT2D eigenvalue weighted by molar-refractivity contribution is 6.25. The highest BCUT2D eigenvalue weighted by atomic mass is 16.5. The minimum Gasteiger partial charge on any atom is -0.489 e. The number of fused-ring (bicyclic) bond motifs is 3. The van der Waals surface area contributed by atoms with Crippen LogP contribution in [-0.2, 0) is 29.2 Å². The van der Waals surface area contributed by atoms with Crippen molar-refractivity contribution in [2.75, 3.05) is 70.0 Å². The van der Waals surface area contributed by atoms with Gasteiger partial charge in [-0.05, 0) is 98.5 Å². The van der Waals surface area contributed by atoms with Crippen molar-refractivity contribution < 1.29 is 28.7 Å². The van der Waals surface area contributed by atoms with E-state index in [1.54, 1.807) is 24.4 Å². The topological polar surface area (TPSA) is 182 Å². The summed E-state index contributed by atoms with van der Waals surface area (Å²) in [6.45, 7) is 8.00. The van der Waals surface area contributed by atoms with Gasteiger partial charge in [0.25, 0.3) is 17.7 Å². The SMILES string of the molecule is CNc1nc(-c2cnc3ccccc3c2)nc2c1CCN(C(=O)c1ccc(COc3ccc(C#CCN4CCN(CCCCCCCCNc5cccc6c5C(=O)N(C5CCC(=O)NC5=O)C6=O)CC4)cc3)cc1)C2. The molecular formula is C59H62N10O6. The Bertz CT molecular complexity index is 3160. The first-order valence-electron chi connectivity index (χ1n) is 26.2. The summed E-state index contributed by atoms with van der Waals surface area (Å²) in [5, 5.41) is 9.85. The lowest BCUT2D eigenvalue weighted by Gasteiger charge is -2.33. The van der Waals surface area contributed by atoms with E-state index < -0.39 is 29.7 Å². The lowest BCUT2D eigenvalue weighted by Crippen LogP contribution is -2.54. The standard InChI is InChI=1S/C59H62N10O6/c1-60-55-46-27-31-68(38-50(46)63-54(65-55)44-36-43-13-6-7-15-48(43)62-37-44)57(72)42-21-17-41(18-22-42)39-75-45-23-19-40(20-24-45)12-11-30-67-34-32-66(33-35-67)29-9-5-3-2-4-8-28-61-49-16-10-14-47-53(49)59(74)69(58(47)73)51-25-26-52(70)64-56(51)71/h6-7,10,13-24,36-37,51,61H,2-5,8-9,25-35,38-39H2,1H3,(H,60,63,65)(H,64,70,71). The summed E-state index contributed by atoms with van der Waals surface area (Å²) in [4.78, 5) is 86.4. The molecule has 10 rings (SSSR count). The highest BCUT2D eigenvalue weighted by Gasteiger charge is 2.45. The summed E-state index contributed by atoms with van der Waals surface area (Å²) in [5.41, 5.74) is 7.35. The molecule has 6 heterocycles. The zero-order chi connectivity index (χ0) is 51.7. The number of nitrogens with zero attached hydrogens (tertiary/aromatic N) is 7. The van der Waals surface area contributed by atoms with Crippen molar-refractivity contribution in [3.05, 3.63) is 142 Å². The molecule has 2 fully saturated rings. The molecule has 1 unspecified atom stereocenters. The van der Waals surface area contributed by atoms with Gasteiger partial charge in [-0.3, -0.25) is 44.1 Å².